The number of carbonyl (C=O) groups is 1. The summed E-state index contributed by atoms with van der Waals surface area (Å²) in [6.45, 7) is 10.6. The van der Waals surface area contributed by atoms with E-state index in [2.05, 4.69) is 26.1 Å². The van der Waals surface area contributed by atoms with E-state index in [1.807, 2.05) is 13.8 Å². The number of hydrogen-bond acceptors (Lipinski definition) is 3. The number of nitrogens with one attached hydrogen (secondary N) is 1. The zero-order chi connectivity index (χ0) is 13.4. The van der Waals surface area contributed by atoms with Gasteiger partial charge in [0.2, 0.25) is 0 Å². The molecule has 3 nitrogen and oxygen atoms in total. The minimum atomic E-state index is -0.139. The molecule has 0 fully saturated rings. The number of methoxy groups -OCH3 is 1. The summed E-state index contributed by atoms with van der Waals surface area (Å²) in [5.41, 5.74) is 0. The van der Waals surface area contributed by atoms with Crippen LogP contribution in [0.4, 0.5) is 0 Å². The van der Waals surface area contributed by atoms with Crippen molar-refractivity contribution in [1.29, 1.82) is 0 Å². The first kappa shape index (κ1) is 16.4. The van der Waals surface area contributed by atoms with Gasteiger partial charge in [0.05, 0.1) is 13.0 Å². The first-order valence-corrected chi connectivity index (χ1v) is 6.72. The minimum absolute atomic E-state index is 0.0902. The fourth-order valence-electron chi connectivity index (χ4n) is 1.90. The number of esters is 1. The van der Waals surface area contributed by atoms with E-state index in [9.17, 15) is 4.79 Å². The normalized spacial score (nSPS) is 16.6. The first-order chi connectivity index (χ1) is 7.88. The quantitative estimate of drug-likeness (QED) is 0.666. The Bertz CT molecular complexity index is 216. The molecular weight excluding hydrogens is 214 g/mol. The predicted molar refractivity (Wildman–Crippen MR) is 71.9 cm³/mol. The fraction of sp³-hybridized carbons (Fsp3) is 0.929. The topological polar surface area (TPSA) is 38.3 Å². The van der Waals surface area contributed by atoms with Gasteiger partial charge in [-0.05, 0) is 26.2 Å². The van der Waals surface area contributed by atoms with Crippen molar-refractivity contribution in [3.63, 3.8) is 0 Å². The molecule has 0 saturated carbocycles. The van der Waals surface area contributed by atoms with Gasteiger partial charge >= 0.3 is 5.97 Å². The average molecular weight is 243 g/mol. The monoisotopic (exact) mass is 243 g/mol. The number of ether oxygens (including phenoxy) is 1. The second kappa shape index (κ2) is 8.51. The van der Waals surface area contributed by atoms with Crippen LogP contribution < -0.4 is 5.32 Å². The Morgan fingerprint density at radius 1 is 1.12 bits per heavy atom. The molecular formula is C14H29NO2. The Hall–Kier alpha value is -0.570. The van der Waals surface area contributed by atoms with Crippen molar-refractivity contribution >= 4 is 5.97 Å². The Kier molecular flexibility index (Phi) is 8.23. The smallest absolute Gasteiger partial charge is 0.309 e. The van der Waals surface area contributed by atoms with Crippen molar-refractivity contribution in [2.45, 2.75) is 66.0 Å². The van der Waals surface area contributed by atoms with Crippen LogP contribution in [0.25, 0.3) is 0 Å². The van der Waals surface area contributed by atoms with Crippen molar-refractivity contribution in [3.8, 4) is 0 Å². The molecule has 0 saturated heterocycles. The maximum Gasteiger partial charge on any atom is 0.309 e. The van der Waals surface area contributed by atoms with Crippen LogP contribution in [0.2, 0.25) is 0 Å². The molecule has 3 atom stereocenters. The van der Waals surface area contributed by atoms with Gasteiger partial charge in [0.1, 0.15) is 0 Å². The van der Waals surface area contributed by atoms with Crippen LogP contribution in [-0.4, -0.2) is 25.2 Å². The van der Waals surface area contributed by atoms with Gasteiger partial charge < -0.3 is 10.1 Å². The molecule has 0 aliphatic carbocycles. The summed E-state index contributed by atoms with van der Waals surface area (Å²) in [7, 11) is 1.44. The molecule has 0 spiro atoms. The third kappa shape index (κ3) is 7.37. The molecule has 3 heteroatoms. The summed E-state index contributed by atoms with van der Waals surface area (Å²) in [6.07, 6.45) is 3.68. The first-order valence-electron chi connectivity index (χ1n) is 6.72. The van der Waals surface area contributed by atoms with Crippen molar-refractivity contribution in [1.82, 2.24) is 5.32 Å². The molecule has 0 amide bonds. The highest BCUT2D eigenvalue weighted by atomic mass is 16.5. The fourth-order valence-corrected chi connectivity index (χ4v) is 1.90. The molecule has 17 heavy (non-hydrogen) atoms. The van der Waals surface area contributed by atoms with E-state index >= 15 is 0 Å². The third-order valence-electron chi connectivity index (χ3n) is 3.29. The van der Waals surface area contributed by atoms with Gasteiger partial charge in [-0.25, -0.2) is 0 Å². The SMILES string of the molecule is COC(=O)C(C)C(C)NC(C)CCCC(C)C. The Morgan fingerprint density at radius 2 is 1.71 bits per heavy atom. The van der Waals surface area contributed by atoms with Gasteiger partial charge in [-0.1, -0.05) is 33.6 Å². The number of rotatable bonds is 8. The molecule has 0 radical (unpaired) electrons. The summed E-state index contributed by atoms with van der Waals surface area (Å²) in [4.78, 5) is 11.4. The van der Waals surface area contributed by atoms with Crippen LogP contribution in [0.3, 0.4) is 0 Å². The van der Waals surface area contributed by atoms with E-state index in [-0.39, 0.29) is 17.9 Å². The zero-order valence-electron chi connectivity index (χ0n) is 12.2. The second-order valence-electron chi connectivity index (χ2n) is 5.49. The standard InChI is InChI=1S/C14H29NO2/c1-10(2)8-7-9-11(3)15-13(5)12(4)14(16)17-6/h10-13,15H,7-9H2,1-6H3. The Balaban J connectivity index is 3.86. The van der Waals surface area contributed by atoms with Gasteiger partial charge in [0.25, 0.3) is 0 Å². The lowest BCUT2D eigenvalue weighted by molar-refractivity contribution is -0.145. The molecule has 0 aromatic heterocycles. The Morgan fingerprint density at radius 3 is 2.18 bits per heavy atom. The molecule has 3 unspecified atom stereocenters. The van der Waals surface area contributed by atoms with Gasteiger partial charge in [-0.15, -0.1) is 0 Å². The highest BCUT2D eigenvalue weighted by molar-refractivity contribution is 5.72. The van der Waals surface area contributed by atoms with Gasteiger partial charge in [-0.2, -0.15) is 0 Å². The van der Waals surface area contributed by atoms with Crippen LogP contribution in [0, 0.1) is 11.8 Å². The maximum atomic E-state index is 11.4. The molecule has 0 aliphatic heterocycles. The molecule has 0 bridgehead atoms. The minimum Gasteiger partial charge on any atom is -0.469 e. The molecule has 102 valence electrons. The number of hydrogen-bond donors (Lipinski definition) is 1. The van der Waals surface area contributed by atoms with Crippen molar-refractivity contribution < 1.29 is 9.53 Å². The summed E-state index contributed by atoms with van der Waals surface area (Å²) in [5, 5.41) is 3.47. The molecule has 0 heterocycles. The van der Waals surface area contributed by atoms with Gasteiger partial charge in [0.15, 0.2) is 0 Å². The van der Waals surface area contributed by atoms with E-state index in [0.717, 1.165) is 12.3 Å². The van der Waals surface area contributed by atoms with Crippen molar-refractivity contribution in [2.24, 2.45) is 11.8 Å². The van der Waals surface area contributed by atoms with E-state index in [1.165, 1.54) is 20.0 Å². The predicted octanol–water partition coefficient (Wildman–Crippen LogP) is 2.99. The van der Waals surface area contributed by atoms with Crippen LogP contribution in [-0.2, 0) is 9.53 Å². The van der Waals surface area contributed by atoms with Crippen LogP contribution >= 0.6 is 0 Å². The van der Waals surface area contributed by atoms with E-state index in [0.29, 0.717) is 6.04 Å². The number of carbonyl (C=O) groups excluding carboxylic acids is 1. The summed E-state index contributed by atoms with van der Waals surface area (Å²) >= 11 is 0. The third-order valence-corrected chi connectivity index (χ3v) is 3.29. The lowest BCUT2D eigenvalue weighted by Crippen LogP contribution is -2.41. The van der Waals surface area contributed by atoms with Crippen molar-refractivity contribution in [2.75, 3.05) is 7.11 Å². The Labute approximate surface area is 106 Å². The summed E-state index contributed by atoms with van der Waals surface area (Å²) in [5.74, 6) is 0.542. The van der Waals surface area contributed by atoms with Crippen LogP contribution in [0.1, 0.15) is 53.9 Å². The summed E-state index contributed by atoms with van der Waals surface area (Å²) in [6, 6.07) is 0.618. The van der Waals surface area contributed by atoms with Crippen LogP contribution in [0.15, 0.2) is 0 Å². The van der Waals surface area contributed by atoms with Crippen molar-refractivity contribution in [3.05, 3.63) is 0 Å². The molecule has 0 aromatic carbocycles. The highest BCUT2D eigenvalue weighted by Gasteiger charge is 2.21. The molecule has 0 aromatic rings. The lowest BCUT2D eigenvalue weighted by atomic mass is 10.0. The zero-order valence-corrected chi connectivity index (χ0v) is 12.2. The second-order valence-corrected chi connectivity index (χ2v) is 5.49. The van der Waals surface area contributed by atoms with E-state index < -0.39 is 0 Å². The van der Waals surface area contributed by atoms with E-state index in [4.69, 9.17) is 4.74 Å². The highest BCUT2D eigenvalue weighted by Crippen LogP contribution is 2.11. The largest absolute Gasteiger partial charge is 0.469 e. The summed E-state index contributed by atoms with van der Waals surface area (Å²) < 4.78 is 4.75. The molecule has 1 N–H and O–H groups in total. The van der Waals surface area contributed by atoms with Gasteiger partial charge in [-0.3, -0.25) is 4.79 Å². The lowest BCUT2D eigenvalue weighted by Gasteiger charge is -2.24. The van der Waals surface area contributed by atoms with E-state index in [1.54, 1.807) is 0 Å². The van der Waals surface area contributed by atoms with Gasteiger partial charge in [0, 0.05) is 12.1 Å². The average Bonchev–Trinajstić information content (AvgIpc) is 2.26. The maximum absolute atomic E-state index is 11.4. The molecule has 0 rings (SSSR count). The molecule has 0 aliphatic rings. The van der Waals surface area contributed by atoms with Crippen LogP contribution in [0.5, 0.6) is 0 Å².